The molecular formula is C13H14ClNO3S. The number of halogens is 1. The molecule has 0 saturated carbocycles. The summed E-state index contributed by atoms with van der Waals surface area (Å²) in [5.41, 5.74) is 0.845. The average molecular weight is 300 g/mol. The van der Waals surface area contributed by atoms with Crippen molar-refractivity contribution in [1.82, 2.24) is 4.98 Å². The maximum absolute atomic E-state index is 11.0. The minimum absolute atomic E-state index is 0.0996. The van der Waals surface area contributed by atoms with Gasteiger partial charge in [-0.2, -0.15) is 0 Å². The maximum Gasteiger partial charge on any atom is 0.232 e. The molecule has 2 aromatic rings. The van der Waals surface area contributed by atoms with Gasteiger partial charge in [-0.15, -0.1) is 0 Å². The van der Waals surface area contributed by atoms with Gasteiger partial charge in [0.2, 0.25) is 9.05 Å². The van der Waals surface area contributed by atoms with Gasteiger partial charge >= 0.3 is 0 Å². The first kappa shape index (κ1) is 14.1. The second-order valence-corrected chi connectivity index (χ2v) is 7.27. The van der Waals surface area contributed by atoms with Crippen LogP contribution in [0.5, 0.6) is 5.75 Å². The highest BCUT2D eigenvalue weighted by Crippen LogP contribution is 2.24. The van der Waals surface area contributed by atoms with Crippen molar-refractivity contribution < 1.29 is 13.2 Å². The standard InChI is InChI=1S/C13H14ClNO3S/c1-10(9-19(14,16)17)8-18-13-6-2-5-12-11(13)4-3-7-15-12/h2-7,10H,8-9H2,1H3. The maximum atomic E-state index is 11.0. The molecule has 0 aliphatic rings. The van der Waals surface area contributed by atoms with Crippen LogP contribution in [0.25, 0.3) is 10.9 Å². The van der Waals surface area contributed by atoms with Gasteiger partial charge in [0.25, 0.3) is 0 Å². The van der Waals surface area contributed by atoms with E-state index in [0.717, 1.165) is 10.9 Å². The van der Waals surface area contributed by atoms with Gasteiger partial charge in [-0.1, -0.05) is 13.0 Å². The van der Waals surface area contributed by atoms with Crippen LogP contribution in [0.1, 0.15) is 6.92 Å². The second kappa shape index (κ2) is 5.75. The van der Waals surface area contributed by atoms with Gasteiger partial charge in [-0.25, -0.2) is 8.42 Å². The first-order valence-corrected chi connectivity index (χ1v) is 8.32. The highest BCUT2D eigenvalue weighted by Gasteiger charge is 2.13. The van der Waals surface area contributed by atoms with Crippen LogP contribution in [0.4, 0.5) is 0 Å². The van der Waals surface area contributed by atoms with Crippen LogP contribution in [-0.4, -0.2) is 25.8 Å². The molecule has 0 radical (unpaired) electrons. The summed E-state index contributed by atoms with van der Waals surface area (Å²) in [7, 11) is 1.72. The number of nitrogens with zero attached hydrogens (tertiary/aromatic N) is 1. The Morgan fingerprint density at radius 3 is 2.84 bits per heavy atom. The summed E-state index contributed by atoms with van der Waals surface area (Å²) in [6.45, 7) is 2.07. The van der Waals surface area contributed by atoms with Crippen molar-refractivity contribution in [2.75, 3.05) is 12.4 Å². The van der Waals surface area contributed by atoms with E-state index < -0.39 is 9.05 Å². The summed E-state index contributed by atoms with van der Waals surface area (Å²) in [4.78, 5) is 4.23. The summed E-state index contributed by atoms with van der Waals surface area (Å²) in [6, 6.07) is 9.34. The fraction of sp³-hybridized carbons (Fsp3) is 0.308. The van der Waals surface area contributed by atoms with Crippen molar-refractivity contribution in [3.05, 3.63) is 36.5 Å². The largest absolute Gasteiger partial charge is 0.493 e. The number of aromatic nitrogens is 1. The average Bonchev–Trinajstić information content (AvgIpc) is 2.34. The van der Waals surface area contributed by atoms with E-state index in [-0.39, 0.29) is 11.7 Å². The van der Waals surface area contributed by atoms with Crippen molar-refractivity contribution in [3.63, 3.8) is 0 Å². The number of hydrogen-bond donors (Lipinski definition) is 0. The van der Waals surface area contributed by atoms with Crippen molar-refractivity contribution >= 4 is 30.6 Å². The molecule has 1 atom stereocenters. The van der Waals surface area contributed by atoms with E-state index in [2.05, 4.69) is 4.98 Å². The molecule has 1 aromatic heterocycles. The van der Waals surface area contributed by atoms with E-state index in [1.165, 1.54) is 0 Å². The Kier molecular flexibility index (Phi) is 4.27. The third-order valence-electron chi connectivity index (χ3n) is 2.61. The SMILES string of the molecule is CC(COc1cccc2ncccc12)CS(=O)(=O)Cl. The molecule has 0 bridgehead atoms. The smallest absolute Gasteiger partial charge is 0.232 e. The molecule has 0 aliphatic heterocycles. The summed E-state index contributed by atoms with van der Waals surface area (Å²) in [5, 5.41) is 0.908. The normalized spacial score (nSPS) is 13.4. The summed E-state index contributed by atoms with van der Waals surface area (Å²) < 4.78 is 27.6. The lowest BCUT2D eigenvalue weighted by atomic mass is 10.2. The van der Waals surface area contributed by atoms with Crippen molar-refractivity contribution in [3.8, 4) is 5.75 Å². The number of hydrogen-bond acceptors (Lipinski definition) is 4. The Balaban J connectivity index is 2.10. The van der Waals surface area contributed by atoms with Crippen LogP contribution < -0.4 is 4.74 Å². The molecule has 0 aliphatic carbocycles. The van der Waals surface area contributed by atoms with Crippen molar-refractivity contribution in [2.24, 2.45) is 5.92 Å². The topological polar surface area (TPSA) is 56.3 Å². The number of rotatable bonds is 5. The third-order valence-corrected chi connectivity index (χ3v) is 3.96. The Hall–Kier alpha value is -1.33. The van der Waals surface area contributed by atoms with E-state index in [9.17, 15) is 8.42 Å². The fourth-order valence-corrected chi connectivity index (χ4v) is 3.24. The van der Waals surface area contributed by atoms with E-state index in [0.29, 0.717) is 12.4 Å². The molecule has 102 valence electrons. The predicted octanol–water partition coefficient (Wildman–Crippen LogP) is 2.82. The number of ether oxygens (including phenoxy) is 1. The van der Waals surface area contributed by atoms with Crippen LogP contribution >= 0.6 is 10.7 Å². The minimum atomic E-state index is -3.49. The molecule has 1 heterocycles. The van der Waals surface area contributed by atoms with Crippen molar-refractivity contribution in [2.45, 2.75) is 6.92 Å². The zero-order valence-corrected chi connectivity index (χ0v) is 12.0. The van der Waals surface area contributed by atoms with Gasteiger partial charge in [0, 0.05) is 28.2 Å². The van der Waals surface area contributed by atoms with Gasteiger partial charge in [-0.05, 0) is 24.3 Å². The van der Waals surface area contributed by atoms with Crippen LogP contribution in [0, 0.1) is 5.92 Å². The molecule has 1 unspecified atom stereocenters. The van der Waals surface area contributed by atoms with E-state index >= 15 is 0 Å². The molecule has 2 rings (SSSR count). The predicted molar refractivity (Wildman–Crippen MR) is 76.0 cm³/mol. The van der Waals surface area contributed by atoms with Crippen LogP contribution in [-0.2, 0) is 9.05 Å². The quantitative estimate of drug-likeness (QED) is 0.797. The van der Waals surface area contributed by atoms with Gasteiger partial charge in [-0.3, -0.25) is 4.98 Å². The molecule has 19 heavy (non-hydrogen) atoms. The Morgan fingerprint density at radius 2 is 2.11 bits per heavy atom. The van der Waals surface area contributed by atoms with Crippen LogP contribution in [0.2, 0.25) is 0 Å². The first-order chi connectivity index (χ1) is 8.96. The van der Waals surface area contributed by atoms with E-state index in [1.807, 2.05) is 30.3 Å². The Labute approximate surface area is 116 Å². The van der Waals surface area contributed by atoms with Gasteiger partial charge in [0.1, 0.15) is 5.75 Å². The molecule has 0 N–H and O–H groups in total. The van der Waals surface area contributed by atoms with Crippen molar-refractivity contribution in [1.29, 1.82) is 0 Å². The van der Waals surface area contributed by atoms with Gasteiger partial charge in [0.05, 0.1) is 17.9 Å². The molecule has 4 nitrogen and oxygen atoms in total. The highest BCUT2D eigenvalue weighted by molar-refractivity contribution is 8.13. The molecule has 1 aromatic carbocycles. The molecule has 0 spiro atoms. The summed E-state index contributed by atoms with van der Waals surface area (Å²) in [5.74, 6) is 0.427. The number of fused-ring (bicyclic) bond motifs is 1. The molecule has 6 heteroatoms. The van der Waals surface area contributed by atoms with E-state index in [1.54, 1.807) is 13.1 Å². The molecular weight excluding hydrogens is 286 g/mol. The summed E-state index contributed by atoms with van der Waals surface area (Å²) >= 11 is 0. The number of pyridine rings is 1. The Bertz CT molecular complexity index is 667. The van der Waals surface area contributed by atoms with Crippen LogP contribution in [0.15, 0.2) is 36.5 Å². The minimum Gasteiger partial charge on any atom is -0.493 e. The Morgan fingerprint density at radius 1 is 1.32 bits per heavy atom. The highest BCUT2D eigenvalue weighted by atomic mass is 35.7. The lowest BCUT2D eigenvalue weighted by Crippen LogP contribution is -2.16. The number of benzene rings is 1. The van der Waals surface area contributed by atoms with E-state index in [4.69, 9.17) is 15.4 Å². The zero-order valence-electron chi connectivity index (χ0n) is 10.4. The monoisotopic (exact) mass is 299 g/mol. The lowest BCUT2D eigenvalue weighted by molar-refractivity contribution is 0.275. The second-order valence-electron chi connectivity index (χ2n) is 4.45. The zero-order chi connectivity index (χ0) is 13.9. The molecule has 0 fully saturated rings. The fourth-order valence-electron chi connectivity index (χ4n) is 1.82. The summed E-state index contributed by atoms with van der Waals surface area (Å²) in [6.07, 6.45) is 1.72. The molecule has 0 saturated heterocycles. The van der Waals surface area contributed by atoms with Crippen LogP contribution in [0.3, 0.4) is 0 Å². The van der Waals surface area contributed by atoms with Gasteiger partial charge in [0.15, 0.2) is 0 Å². The lowest BCUT2D eigenvalue weighted by Gasteiger charge is -2.13. The third kappa shape index (κ3) is 4.08. The first-order valence-electron chi connectivity index (χ1n) is 5.84. The molecule has 0 amide bonds. The van der Waals surface area contributed by atoms with Gasteiger partial charge < -0.3 is 4.74 Å².